The molecule has 0 aliphatic heterocycles. The first-order valence-electron chi connectivity index (χ1n) is 6.59. The van der Waals surface area contributed by atoms with Crippen molar-refractivity contribution in [1.29, 1.82) is 0 Å². The number of furan rings is 1. The van der Waals surface area contributed by atoms with Gasteiger partial charge in [0.15, 0.2) is 0 Å². The molecule has 0 spiro atoms. The summed E-state index contributed by atoms with van der Waals surface area (Å²) in [5, 5.41) is 5.28. The van der Waals surface area contributed by atoms with Crippen LogP contribution in [0, 0.1) is 6.92 Å². The lowest BCUT2D eigenvalue weighted by atomic mass is 10.1. The Morgan fingerprint density at radius 2 is 2.11 bits per heavy atom. The predicted molar refractivity (Wildman–Crippen MR) is 77.3 cm³/mol. The second-order valence-corrected chi connectivity index (χ2v) is 5.08. The van der Waals surface area contributed by atoms with Crippen molar-refractivity contribution in [2.45, 2.75) is 39.7 Å². The molecule has 2 rings (SSSR count). The van der Waals surface area contributed by atoms with Crippen LogP contribution in [0.4, 0.5) is 0 Å². The highest BCUT2D eigenvalue weighted by atomic mass is 35.5. The first-order chi connectivity index (χ1) is 8.67. The molecule has 1 unspecified atom stereocenters. The first kappa shape index (κ1) is 13.4. The average molecular weight is 266 g/mol. The van der Waals surface area contributed by atoms with Crippen molar-refractivity contribution >= 4 is 22.6 Å². The molecule has 1 heterocycles. The van der Waals surface area contributed by atoms with Gasteiger partial charge in [-0.25, -0.2) is 0 Å². The lowest BCUT2D eigenvalue weighted by Gasteiger charge is -2.13. The predicted octanol–water partition coefficient (Wildman–Crippen LogP) is 4.85. The van der Waals surface area contributed by atoms with Crippen molar-refractivity contribution in [1.82, 2.24) is 5.32 Å². The Morgan fingerprint density at radius 3 is 2.72 bits per heavy atom. The average Bonchev–Trinajstić information content (AvgIpc) is 2.81. The minimum atomic E-state index is 0.271. The Labute approximate surface area is 113 Å². The van der Waals surface area contributed by atoms with Crippen molar-refractivity contribution in [3.05, 3.63) is 34.5 Å². The molecule has 2 aromatic rings. The van der Waals surface area contributed by atoms with Gasteiger partial charge in [-0.15, -0.1) is 0 Å². The van der Waals surface area contributed by atoms with E-state index in [0.717, 1.165) is 46.7 Å². The molecule has 0 radical (unpaired) electrons. The van der Waals surface area contributed by atoms with Gasteiger partial charge in [0, 0.05) is 5.39 Å². The Balaban J connectivity index is 2.39. The van der Waals surface area contributed by atoms with Gasteiger partial charge >= 0.3 is 0 Å². The summed E-state index contributed by atoms with van der Waals surface area (Å²) in [7, 11) is 0. The van der Waals surface area contributed by atoms with Crippen LogP contribution in [0.15, 0.2) is 22.6 Å². The van der Waals surface area contributed by atoms with Crippen LogP contribution in [0.3, 0.4) is 0 Å². The molecule has 3 heteroatoms. The molecule has 0 aliphatic rings. The fourth-order valence-electron chi connectivity index (χ4n) is 2.18. The van der Waals surface area contributed by atoms with E-state index in [4.69, 9.17) is 16.0 Å². The van der Waals surface area contributed by atoms with Gasteiger partial charge in [-0.3, -0.25) is 0 Å². The molecule has 0 bridgehead atoms. The minimum absolute atomic E-state index is 0.271. The van der Waals surface area contributed by atoms with E-state index in [2.05, 4.69) is 25.2 Å². The molecule has 1 aromatic carbocycles. The smallest absolute Gasteiger partial charge is 0.138 e. The number of hydrogen-bond donors (Lipinski definition) is 1. The lowest BCUT2D eigenvalue weighted by molar-refractivity contribution is 0.420. The summed E-state index contributed by atoms with van der Waals surface area (Å²) in [5.41, 5.74) is 2.04. The van der Waals surface area contributed by atoms with Crippen LogP contribution in [0.1, 0.15) is 44.1 Å². The van der Waals surface area contributed by atoms with E-state index in [-0.39, 0.29) is 6.04 Å². The van der Waals surface area contributed by atoms with Crippen LogP contribution in [0.2, 0.25) is 5.02 Å². The van der Waals surface area contributed by atoms with Crippen LogP contribution < -0.4 is 5.32 Å². The number of aryl methyl sites for hydroxylation is 1. The molecule has 2 nitrogen and oxygen atoms in total. The van der Waals surface area contributed by atoms with Gasteiger partial charge in [0.2, 0.25) is 0 Å². The lowest BCUT2D eigenvalue weighted by Crippen LogP contribution is -2.20. The summed E-state index contributed by atoms with van der Waals surface area (Å²) < 4.78 is 5.98. The van der Waals surface area contributed by atoms with E-state index < -0.39 is 0 Å². The van der Waals surface area contributed by atoms with Gasteiger partial charge in [0.1, 0.15) is 11.3 Å². The molecule has 0 saturated carbocycles. The molecular formula is C15H20ClNO. The van der Waals surface area contributed by atoms with Crippen LogP contribution in [0.25, 0.3) is 11.0 Å². The maximum Gasteiger partial charge on any atom is 0.138 e. The summed E-state index contributed by atoms with van der Waals surface area (Å²) in [5.74, 6) is 0.983. The summed E-state index contributed by atoms with van der Waals surface area (Å²) in [6.45, 7) is 7.38. The maximum absolute atomic E-state index is 6.21. The van der Waals surface area contributed by atoms with Crippen LogP contribution in [-0.2, 0) is 0 Å². The number of halogens is 1. The zero-order chi connectivity index (χ0) is 13.1. The van der Waals surface area contributed by atoms with Crippen molar-refractivity contribution in [2.75, 3.05) is 6.54 Å². The van der Waals surface area contributed by atoms with Gasteiger partial charge in [0.25, 0.3) is 0 Å². The minimum Gasteiger partial charge on any atom is -0.459 e. The molecule has 1 N–H and O–H groups in total. The third-order valence-corrected chi connectivity index (χ3v) is 3.57. The molecule has 98 valence electrons. The number of fused-ring (bicyclic) bond motifs is 1. The van der Waals surface area contributed by atoms with E-state index in [1.807, 2.05) is 19.1 Å². The van der Waals surface area contributed by atoms with Gasteiger partial charge in [-0.05, 0) is 44.0 Å². The van der Waals surface area contributed by atoms with Crippen molar-refractivity contribution < 1.29 is 4.42 Å². The maximum atomic E-state index is 6.21. The molecular weight excluding hydrogens is 246 g/mol. The van der Waals surface area contributed by atoms with Crippen LogP contribution >= 0.6 is 11.6 Å². The standard InChI is InChI=1S/C15H20ClNO/c1-4-8-17-13(5-2)14-9-11-12(16)7-6-10(3)15(11)18-14/h6-7,9,13,17H,4-5,8H2,1-3H3. The van der Waals surface area contributed by atoms with E-state index in [1.165, 1.54) is 0 Å². The third-order valence-electron chi connectivity index (χ3n) is 3.24. The molecule has 0 amide bonds. The fourth-order valence-corrected chi connectivity index (χ4v) is 2.38. The molecule has 1 aromatic heterocycles. The van der Waals surface area contributed by atoms with Crippen molar-refractivity contribution in [3.8, 4) is 0 Å². The third kappa shape index (κ3) is 2.55. The number of rotatable bonds is 5. The first-order valence-corrected chi connectivity index (χ1v) is 6.97. The Kier molecular flexibility index (Phi) is 4.31. The number of hydrogen-bond acceptors (Lipinski definition) is 2. The highest BCUT2D eigenvalue weighted by molar-refractivity contribution is 6.35. The highest BCUT2D eigenvalue weighted by Crippen LogP contribution is 2.32. The zero-order valence-electron chi connectivity index (χ0n) is 11.2. The van der Waals surface area contributed by atoms with Crippen molar-refractivity contribution in [2.24, 2.45) is 0 Å². The van der Waals surface area contributed by atoms with E-state index >= 15 is 0 Å². The van der Waals surface area contributed by atoms with E-state index in [0.29, 0.717) is 0 Å². The van der Waals surface area contributed by atoms with Gasteiger partial charge in [0.05, 0.1) is 11.1 Å². The molecule has 0 fully saturated rings. The van der Waals surface area contributed by atoms with Crippen molar-refractivity contribution in [3.63, 3.8) is 0 Å². The monoisotopic (exact) mass is 265 g/mol. The largest absolute Gasteiger partial charge is 0.459 e. The zero-order valence-corrected chi connectivity index (χ0v) is 12.0. The van der Waals surface area contributed by atoms with E-state index in [9.17, 15) is 0 Å². The molecule has 0 saturated heterocycles. The summed E-state index contributed by atoms with van der Waals surface area (Å²) in [4.78, 5) is 0. The summed E-state index contributed by atoms with van der Waals surface area (Å²) >= 11 is 6.21. The van der Waals surface area contributed by atoms with Crippen LogP contribution in [0.5, 0.6) is 0 Å². The SMILES string of the molecule is CCCNC(CC)c1cc2c(Cl)ccc(C)c2o1. The Bertz CT molecular complexity index is 494. The van der Waals surface area contributed by atoms with Crippen LogP contribution in [-0.4, -0.2) is 6.54 Å². The fraction of sp³-hybridized carbons (Fsp3) is 0.467. The molecule has 0 aliphatic carbocycles. The Morgan fingerprint density at radius 1 is 1.33 bits per heavy atom. The number of benzene rings is 1. The Hall–Kier alpha value is -0.990. The van der Waals surface area contributed by atoms with Gasteiger partial charge < -0.3 is 9.73 Å². The number of nitrogens with one attached hydrogen (secondary N) is 1. The summed E-state index contributed by atoms with van der Waals surface area (Å²) in [6.07, 6.45) is 2.13. The molecule has 1 atom stereocenters. The van der Waals surface area contributed by atoms with E-state index in [1.54, 1.807) is 0 Å². The second kappa shape index (κ2) is 5.77. The second-order valence-electron chi connectivity index (χ2n) is 4.67. The van der Waals surface area contributed by atoms with Gasteiger partial charge in [-0.2, -0.15) is 0 Å². The highest BCUT2D eigenvalue weighted by Gasteiger charge is 2.16. The summed E-state index contributed by atoms with van der Waals surface area (Å²) in [6, 6.07) is 6.27. The normalized spacial score (nSPS) is 13.1. The van der Waals surface area contributed by atoms with Gasteiger partial charge in [-0.1, -0.05) is 31.5 Å². The quantitative estimate of drug-likeness (QED) is 0.836. The topological polar surface area (TPSA) is 25.2 Å². The molecule has 18 heavy (non-hydrogen) atoms.